The summed E-state index contributed by atoms with van der Waals surface area (Å²) < 4.78 is 0. The third-order valence-corrected chi connectivity index (χ3v) is 3.53. The van der Waals surface area contributed by atoms with Crippen molar-refractivity contribution >= 4 is 12.1 Å². The van der Waals surface area contributed by atoms with Crippen molar-refractivity contribution in [3.05, 3.63) is 90.0 Å². The molecule has 0 atom stereocenters. The van der Waals surface area contributed by atoms with Gasteiger partial charge in [-0.1, -0.05) is 54.6 Å². The number of rotatable bonds is 4. The lowest BCUT2D eigenvalue weighted by atomic mass is 10.0. The average molecular weight is 316 g/mol. The van der Waals surface area contributed by atoms with Crippen LogP contribution in [0, 0.1) is 0 Å². The normalized spacial score (nSPS) is 10.7. The van der Waals surface area contributed by atoms with Gasteiger partial charge in [-0.05, 0) is 41.0 Å². The maximum absolute atomic E-state index is 11.9. The van der Waals surface area contributed by atoms with Gasteiger partial charge in [0.25, 0.3) is 5.91 Å². The van der Waals surface area contributed by atoms with E-state index in [0.29, 0.717) is 5.56 Å². The van der Waals surface area contributed by atoms with Crippen LogP contribution >= 0.6 is 0 Å². The van der Waals surface area contributed by atoms with Crippen LogP contribution in [0.2, 0.25) is 0 Å². The van der Waals surface area contributed by atoms with Gasteiger partial charge in [-0.3, -0.25) is 4.79 Å². The summed E-state index contributed by atoms with van der Waals surface area (Å²) in [6.07, 6.45) is 1.59. The second kappa shape index (κ2) is 7.24. The van der Waals surface area contributed by atoms with Gasteiger partial charge in [-0.2, -0.15) is 5.10 Å². The predicted molar refractivity (Wildman–Crippen MR) is 95.0 cm³/mol. The van der Waals surface area contributed by atoms with Crippen molar-refractivity contribution < 1.29 is 9.90 Å². The van der Waals surface area contributed by atoms with Crippen molar-refractivity contribution in [2.75, 3.05) is 0 Å². The lowest BCUT2D eigenvalue weighted by Crippen LogP contribution is -2.17. The van der Waals surface area contributed by atoms with Gasteiger partial charge in [0, 0.05) is 5.56 Å². The van der Waals surface area contributed by atoms with Crippen LogP contribution in [-0.4, -0.2) is 17.2 Å². The Kier molecular flexibility index (Phi) is 4.68. The molecule has 2 N–H and O–H groups in total. The third kappa shape index (κ3) is 3.87. The summed E-state index contributed by atoms with van der Waals surface area (Å²) in [5, 5.41) is 13.2. The molecule has 3 rings (SSSR count). The number of hydrogen-bond acceptors (Lipinski definition) is 3. The third-order valence-electron chi connectivity index (χ3n) is 3.53. The maximum atomic E-state index is 11.9. The minimum Gasteiger partial charge on any atom is -0.508 e. The van der Waals surface area contributed by atoms with Crippen LogP contribution in [0.4, 0.5) is 0 Å². The first-order valence-electron chi connectivity index (χ1n) is 7.50. The summed E-state index contributed by atoms with van der Waals surface area (Å²) in [7, 11) is 0. The first-order chi connectivity index (χ1) is 11.7. The number of nitrogens with one attached hydrogen (secondary N) is 1. The molecule has 3 aromatic carbocycles. The van der Waals surface area contributed by atoms with Crippen molar-refractivity contribution in [2.45, 2.75) is 0 Å². The minimum atomic E-state index is -0.327. The predicted octanol–water partition coefficient (Wildman–Crippen LogP) is 3.82. The SMILES string of the molecule is O=C(NN=Cc1ccc(-c2ccccc2)cc1)c1ccc(O)cc1. The van der Waals surface area contributed by atoms with Gasteiger partial charge in [0.05, 0.1) is 6.21 Å². The zero-order valence-corrected chi connectivity index (χ0v) is 12.9. The molecular formula is C20H16N2O2. The van der Waals surface area contributed by atoms with Crippen LogP contribution in [0.3, 0.4) is 0 Å². The molecule has 0 saturated heterocycles. The highest BCUT2D eigenvalue weighted by molar-refractivity contribution is 5.95. The van der Waals surface area contributed by atoms with Crippen LogP contribution in [0.15, 0.2) is 84.0 Å². The van der Waals surface area contributed by atoms with Crippen molar-refractivity contribution in [2.24, 2.45) is 5.10 Å². The van der Waals surface area contributed by atoms with Crippen LogP contribution in [0.5, 0.6) is 5.75 Å². The second-order valence-electron chi connectivity index (χ2n) is 5.23. The summed E-state index contributed by atoms with van der Waals surface area (Å²) in [6, 6.07) is 24.0. The number of carbonyl (C=O) groups excluding carboxylic acids is 1. The van der Waals surface area contributed by atoms with Crippen LogP contribution in [-0.2, 0) is 0 Å². The Bertz CT molecular complexity index is 839. The molecule has 24 heavy (non-hydrogen) atoms. The summed E-state index contributed by atoms with van der Waals surface area (Å²) in [4.78, 5) is 11.9. The number of hydrazone groups is 1. The Labute approximate surface area is 140 Å². The van der Waals surface area contributed by atoms with E-state index in [-0.39, 0.29) is 11.7 Å². The summed E-state index contributed by atoms with van der Waals surface area (Å²) >= 11 is 0. The monoisotopic (exact) mass is 316 g/mol. The van der Waals surface area contributed by atoms with E-state index in [2.05, 4.69) is 22.7 Å². The molecule has 0 aliphatic heterocycles. The second-order valence-corrected chi connectivity index (χ2v) is 5.23. The lowest BCUT2D eigenvalue weighted by Gasteiger charge is -2.02. The fraction of sp³-hybridized carbons (Fsp3) is 0. The molecule has 0 aliphatic rings. The van der Waals surface area contributed by atoms with E-state index in [1.54, 1.807) is 6.21 Å². The number of aromatic hydroxyl groups is 1. The largest absolute Gasteiger partial charge is 0.508 e. The molecule has 0 spiro atoms. The molecule has 0 heterocycles. The van der Waals surface area contributed by atoms with Gasteiger partial charge in [-0.15, -0.1) is 0 Å². The smallest absolute Gasteiger partial charge is 0.271 e. The topological polar surface area (TPSA) is 61.7 Å². The quantitative estimate of drug-likeness (QED) is 0.568. The summed E-state index contributed by atoms with van der Waals surface area (Å²) in [5.41, 5.74) is 6.07. The fourth-order valence-corrected chi connectivity index (χ4v) is 2.24. The van der Waals surface area contributed by atoms with Crippen LogP contribution in [0.1, 0.15) is 15.9 Å². The molecule has 0 radical (unpaired) electrons. The fourth-order valence-electron chi connectivity index (χ4n) is 2.24. The summed E-state index contributed by atoms with van der Waals surface area (Å²) in [5.74, 6) is -0.208. The van der Waals surface area contributed by atoms with Gasteiger partial charge >= 0.3 is 0 Å². The van der Waals surface area contributed by atoms with E-state index < -0.39 is 0 Å². The van der Waals surface area contributed by atoms with E-state index in [9.17, 15) is 9.90 Å². The van der Waals surface area contributed by atoms with Crippen LogP contribution < -0.4 is 5.43 Å². The molecule has 0 aliphatic carbocycles. The number of amides is 1. The number of phenolic OH excluding ortho intramolecular Hbond substituents is 1. The van der Waals surface area contributed by atoms with Gasteiger partial charge in [0.2, 0.25) is 0 Å². The standard InChI is InChI=1S/C20H16N2O2/c23-19-12-10-18(11-13-19)20(24)22-21-14-15-6-8-17(9-7-15)16-4-2-1-3-5-16/h1-14,23H,(H,22,24). The van der Waals surface area contributed by atoms with Crippen molar-refractivity contribution in [1.29, 1.82) is 0 Å². The van der Waals surface area contributed by atoms with Gasteiger partial charge in [0.15, 0.2) is 0 Å². The first kappa shape index (κ1) is 15.5. The Hall–Kier alpha value is -3.40. The average Bonchev–Trinajstić information content (AvgIpc) is 2.63. The number of nitrogens with zero attached hydrogens (tertiary/aromatic N) is 1. The number of carbonyl (C=O) groups is 1. The molecule has 118 valence electrons. The Morgan fingerprint density at radius 3 is 2.12 bits per heavy atom. The molecule has 4 heteroatoms. The number of benzene rings is 3. The zero-order chi connectivity index (χ0) is 16.8. The van der Waals surface area contributed by atoms with Crippen molar-refractivity contribution in [3.8, 4) is 16.9 Å². The van der Waals surface area contributed by atoms with Crippen molar-refractivity contribution in [1.82, 2.24) is 5.43 Å². The first-order valence-corrected chi connectivity index (χ1v) is 7.50. The Balaban J connectivity index is 1.62. The van der Waals surface area contributed by atoms with Gasteiger partial charge < -0.3 is 5.11 Å². The molecular weight excluding hydrogens is 300 g/mol. The van der Waals surface area contributed by atoms with Gasteiger partial charge in [0.1, 0.15) is 5.75 Å². The highest BCUT2D eigenvalue weighted by atomic mass is 16.3. The number of phenols is 1. The Morgan fingerprint density at radius 1 is 0.833 bits per heavy atom. The van der Waals surface area contributed by atoms with E-state index in [4.69, 9.17) is 0 Å². The van der Waals surface area contributed by atoms with E-state index >= 15 is 0 Å². The molecule has 3 aromatic rings. The van der Waals surface area contributed by atoms with Crippen molar-refractivity contribution in [3.63, 3.8) is 0 Å². The van der Waals surface area contributed by atoms with E-state index in [0.717, 1.165) is 16.7 Å². The molecule has 0 fully saturated rings. The van der Waals surface area contributed by atoms with Gasteiger partial charge in [-0.25, -0.2) is 5.43 Å². The lowest BCUT2D eigenvalue weighted by molar-refractivity contribution is 0.0955. The molecule has 1 amide bonds. The Morgan fingerprint density at radius 2 is 1.46 bits per heavy atom. The van der Waals surface area contributed by atoms with E-state index in [1.807, 2.05) is 42.5 Å². The number of hydrogen-bond donors (Lipinski definition) is 2. The molecule has 0 saturated carbocycles. The maximum Gasteiger partial charge on any atom is 0.271 e. The molecule has 0 bridgehead atoms. The summed E-state index contributed by atoms with van der Waals surface area (Å²) in [6.45, 7) is 0. The highest BCUT2D eigenvalue weighted by Crippen LogP contribution is 2.18. The zero-order valence-electron chi connectivity index (χ0n) is 12.9. The molecule has 4 nitrogen and oxygen atoms in total. The molecule has 0 unspecified atom stereocenters. The molecule has 0 aromatic heterocycles. The minimum absolute atomic E-state index is 0.119. The van der Waals surface area contributed by atoms with Crippen LogP contribution in [0.25, 0.3) is 11.1 Å². The van der Waals surface area contributed by atoms with E-state index in [1.165, 1.54) is 24.3 Å². The highest BCUT2D eigenvalue weighted by Gasteiger charge is 2.03.